The third-order valence-electron chi connectivity index (χ3n) is 3.70. The van der Waals surface area contributed by atoms with Gasteiger partial charge in [-0.1, -0.05) is 0 Å². The summed E-state index contributed by atoms with van der Waals surface area (Å²) in [6.45, 7) is 2.86. The smallest absolute Gasteiger partial charge is 0.122 e. The second-order valence-electron chi connectivity index (χ2n) is 5.50. The molecule has 2 atom stereocenters. The lowest BCUT2D eigenvalue weighted by molar-refractivity contribution is 0.111. The number of hydrogen-bond acceptors (Lipinski definition) is 4. The van der Waals surface area contributed by atoms with Crippen LogP contribution in [0.1, 0.15) is 30.9 Å². The lowest BCUT2D eigenvalue weighted by atomic mass is 9.99. The van der Waals surface area contributed by atoms with Gasteiger partial charge in [0.25, 0.3) is 0 Å². The van der Waals surface area contributed by atoms with E-state index < -0.39 is 0 Å². The summed E-state index contributed by atoms with van der Waals surface area (Å²) >= 11 is 0. The lowest BCUT2D eigenvalue weighted by Gasteiger charge is -2.18. The van der Waals surface area contributed by atoms with E-state index in [9.17, 15) is 0 Å². The first kappa shape index (κ1) is 18.1. The highest BCUT2D eigenvalue weighted by molar-refractivity contribution is 5.85. The van der Waals surface area contributed by atoms with Crippen LogP contribution < -0.4 is 15.2 Å². The van der Waals surface area contributed by atoms with Crippen molar-refractivity contribution in [2.24, 2.45) is 5.73 Å². The first-order chi connectivity index (χ1) is 9.63. The molecule has 0 aromatic heterocycles. The van der Waals surface area contributed by atoms with Crippen LogP contribution in [0, 0.1) is 0 Å². The average molecular weight is 316 g/mol. The summed E-state index contributed by atoms with van der Waals surface area (Å²) in [5.41, 5.74) is 8.13. The van der Waals surface area contributed by atoms with E-state index in [1.54, 1.807) is 14.2 Å². The molecule has 4 nitrogen and oxygen atoms in total. The molecule has 5 heteroatoms. The van der Waals surface area contributed by atoms with E-state index in [4.69, 9.17) is 19.9 Å². The normalized spacial score (nSPS) is 19.0. The van der Waals surface area contributed by atoms with Gasteiger partial charge in [0.05, 0.1) is 20.3 Å². The summed E-state index contributed by atoms with van der Waals surface area (Å²) in [6, 6.07) is 4.21. The topological polar surface area (TPSA) is 53.7 Å². The van der Waals surface area contributed by atoms with E-state index >= 15 is 0 Å². The molecule has 1 aliphatic rings. The Labute approximate surface area is 133 Å². The van der Waals surface area contributed by atoms with Gasteiger partial charge in [0.1, 0.15) is 11.5 Å². The zero-order valence-electron chi connectivity index (χ0n) is 13.1. The molecule has 1 saturated heterocycles. The van der Waals surface area contributed by atoms with E-state index in [-0.39, 0.29) is 18.4 Å². The van der Waals surface area contributed by atoms with Crippen LogP contribution in [0.5, 0.6) is 11.5 Å². The number of ether oxygens (including phenoxy) is 3. The number of benzene rings is 1. The number of halogens is 1. The van der Waals surface area contributed by atoms with Gasteiger partial charge in [-0.15, -0.1) is 12.4 Å². The molecule has 0 spiro atoms. The average Bonchev–Trinajstić information content (AvgIpc) is 2.92. The third-order valence-corrected chi connectivity index (χ3v) is 3.70. The molecule has 2 rings (SSSR count). The van der Waals surface area contributed by atoms with Gasteiger partial charge in [-0.2, -0.15) is 0 Å². The predicted octanol–water partition coefficient (Wildman–Crippen LogP) is 2.74. The summed E-state index contributed by atoms with van der Waals surface area (Å²) in [4.78, 5) is 0. The minimum atomic E-state index is 0. The van der Waals surface area contributed by atoms with Crippen LogP contribution in [0.2, 0.25) is 0 Å². The second kappa shape index (κ2) is 8.47. The van der Waals surface area contributed by atoms with E-state index in [1.807, 2.05) is 13.0 Å². The molecule has 0 saturated carbocycles. The monoisotopic (exact) mass is 315 g/mol. The Bertz CT molecular complexity index is 445. The van der Waals surface area contributed by atoms with Crippen molar-refractivity contribution in [3.05, 3.63) is 23.3 Å². The zero-order valence-corrected chi connectivity index (χ0v) is 13.9. The van der Waals surface area contributed by atoms with Gasteiger partial charge in [-0.25, -0.2) is 0 Å². The molecular weight excluding hydrogens is 290 g/mol. The minimum Gasteiger partial charge on any atom is -0.496 e. The molecule has 21 heavy (non-hydrogen) atoms. The van der Waals surface area contributed by atoms with Crippen molar-refractivity contribution < 1.29 is 14.2 Å². The Morgan fingerprint density at radius 3 is 2.38 bits per heavy atom. The SMILES string of the molecule is COc1cc(C[C@H]2CCCO2)c(OC)cc1CC(C)N.Cl. The molecular formula is C16H26ClNO3. The fraction of sp³-hybridized carbons (Fsp3) is 0.625. The standard InChI is InChI=1S/C16H25NO3.ClH/c1-11(17)7-12-9-16(19-3)13(10-15(12)18-2)8-14-5-4-6-20-14;/h9-11,14H,4-8,17H2,1-3H3;1H/t11?,14-;/m1./s1. The van der Waals surface area contributed by atoms with Gasteiger partial charge < -0.3 is 19.9 Å². The summed E-state index contributed by atoms with van der Waals surface area (Å²) in [5.74, 6) is 1.79. The van der Waals surface area contributed by atoms with Crippen LogP contribution in [-0.4, -0.2) is 33.0 Å². The van der Waals surface area contributed by atoms with Crippen LogP contribution in [-0.2, 0) is 17.6 Å². The quantitative estimate of drug-likeness (QED) is 0.877. The maximum atomic E-state index is 5.89. The van der Waals surface area contributed by atoms with E-state index in [0.29, 0.717) is 6.10 Å². The van der Waals surface area contributed by atoms with Crippen LogP contribution in [0.3, 0.4) is 0 Å². The third kappa shape index (κ3) is 4.77. The van der Waals surface area contributed by atoms with Crippen molar-refractivity contribution >= 4 is 12.4 Å². The summed E-state index contributed by atoms with van der Waals surface area (Å²) in [5, 5.41) is 0. The zero-order chi connectivity index (χ0) is 14.5. The van der Waals surface area contributed by atoms with Gasteiger partial charge in [-0.05, 0) is 43.9 Å². The first-order valence-electron chi connectivity index (χ1n) is 7.25. The molecule has 1 unspecified atom stereocenters. The second-order valence-corrected chi connectivity index (χ2v) is 5.50. The Balaban J connectivity index is 0.00000220. The fourth-order valence-electron chi connectivity index (χ4n) is 2.74. The van der Waals surface area contributed by atoms with Crippen molar-refractivity contribution in [1.82, 2.24) is 0 Å². The number of rotatable bonds is 6. The predicted molar refractivity (Wildman–Crippen MR) is 86.8 cm³/mol. The van der Waals surface area contributed by atoms with Crippen molar-refractivity contribution in [2.45, 2.75) is 44.8 Å². The molecule has 0 bridgehead atoms. The number of hydrogen-bond donors (Lipinski definition) is 1. The molecule has 0 radical (unpaired) electrons. The maximum absolute atomic E-state index is 5.89. The minimum absolute atomic E-state index is 0. The summed E-state index contributed by atoms with van der Waals surface area (Å²) in [6.07, 6.45) is 4.21. The number of methoxy groups -OCH3 is 2. The largest absolute Gasteiger partial charge is 0.496 e. The fourth-order valence-corrected chi connectivity index (χ4v) is 2.74. The van der Waals surface area contributed by atoms with Crippen LogP contribution in [0.15, 0.2) is 12.1 Å². The van der Waals surface area contributed by atoms with Crippen LogP contribution >= 0.6 is 12.4 Å². The van der Waals surface area contributed by atoms with Crippen LogP contribution in [0.4, 0.5) is 0 Å². The van der Waals surface area contributed by atoms with Gasteiger partial charge in [0.15, 0.2) is 0 Å². The van der Waals surface area contributed by atoms with E-state index in [0.717, 1.165) is 54.9 Å². The van der Waals surface area contributed by atoms with Gasteiger partial charge >= 0.3 is 0 Å². The Hall–Kier alpha value is -0.970. The highest BCUT2D eigenvalue weighted by atomic mass is 35.5. The summed E-state index contributed by atoms with van der Waals surface area (Å²) < 4.78 is 16.7. The lowest BCUT2D eigenvalue weighted by Crippen LogP contribution is -2.18. The molecule has 1 aromatic rings. The van der Waals surface area contributed by atoms with E-state index in [1.165, 1.54) is 0 Å². The highest BCUT2D eigenvalue weighted by Gasteiger charge is 2.20. The van der Waals surface area contributed by atoms with Crippen molar-refractivity contribution in [3.8, 4) is 11.5 Å². The molecule has 1 aromatic carbocycles. The highest BCUT2D eigenvalue weighted by Crippen LogP contribution is 2.32. The Morgan fingerprint density at radius 2 is 1.86 bits per heavy atom. The maximum Gasteiger partial charge on any atom is 0.122 e. The first-order valence-corrected chi connectivity index (χ1v) is 7.25. The van der Waals surface area contributed by atoms with Crippen molar-refractivity contribution in [2.75, 3.05) is 20.8 Å². The molecule has 0 aliphatic carbocycles. The van der Waals surface area contributed by atoms with E-state index in [2.05, 4.69) is 6.07 Å². The summed E-state index contributed by atoms with van der Waals surface area (Å²) in [7, 11) is 3.40. The molecule has 0 amide bonds. The Morgan fingerprint density at radius 1 is 1.24 bits per heavy atom. The molecule has 120 valence electrons. The van der Waals surface area contributed by atoms with Gasteiger partial charge in [-0.3, -0.25) is 0 Å². The van der Waals surface area contributed by atoms with Crippen molar-refractivity contribution in [1.29, 1.82) is 0 Å². The number of nitrogens with two attached hydrogens (primary N) is 1. The van der Waals surface area contributed by atoms with Crippen LogP contribution in [0.25, 0.3) is 0 Å². The molecule has 1 aliphatic heterocycles. The molecule has 1 fully saturated rings. The van der Waals surface area contributed by atoms with Gasteiger partial charge in [0.2, 0.25) is 0 Å². The molecule has 1 heterocycles. The Kier molecular flexibility index (Phi) is 7.29. The van der Waals surface area contributed by atoms with Crippen molar-refractivity contribution in [3.63, 3.8) is 0 Å². The van der Waals surface area contributed by atoms with Gasteiger partial charge in [0, 0.05) is 24.6 Å². The molecule has 2 N–H and O–H groups in total.